The van der Waals surface area contributed by atoms with Gasteiger partial charge in [0.2, 0.25) is 5.82 Å². The lowest BCUT2D eigenvalue weighted by molar-refractivity contribution is 0.0903. The lowest BCUT2D eigenvalue weighted by Gasteiger charge is -2.06. The zero-order valence-corrected chi connectivity index (χ0v) is 11.0. The van der Waals surface area contributed by atoms with Gasteiger partial charge in [-0.25, -0.2) is 0 Å². The molecule has 19 heavy (non-hydrogen) atoms. The summed E-state index contributed by atoms with van der Waals surface area (Å²) >= 11 is 0. The van der Waals surface area contributed by atoms with Crippen molar-refractivity contribution in [1.82, 2.24) is 10.1 Å². The number of nitrogens with two attached hydrogens (primary N) is 1. The van der Waals surface area contributed by atoms with Crippen LogP contribution in [-0.4, -0.2) is 17.3 Å². The molecule has 102 valence electrons. The molecule has 1 aromatic heterocycles. The molecule has 1 aromatic carbocycles. The Morgan fingerprint density at radius 2 is 2.16 bits per heavy atom. The summed E-state index contributed by atoms with van der Waals surface area (Å²) < 4.78 is 15.9. The van der Waals surface area contributed by atoms with Gasteiger partial charge < -0.3 is 19.7 Å². The number of para-hydroxylation sites is 2. The predicted molar refractivity (Wildman–Crippen MR) is 69.5 cm³/mol. The van der Waals surface area contributed by atoms with E-state index in [9.17, 15) is 0 Å². The van der Waals surface area contributed by atoms with Crippen LogP contribution in [0.1, 0.15) is 31.2 Å². The first-order chi connectivity index (χ1) is 9.24. The molecule has 6 nitrogen and oxygen atoms in total. The molecule has 0 radical (unpaired) electrons. The van der Waals surface area contributed by atoms with Gasteiger partial charge in [0.25, 0.3) is 5.89 Å². The minimum atomic E-state index is -0.153. The number of hydrogen-bond acceptors (Lipinski definition) is 6. The maximum atomic E-state index is 5.77. The highest BCUT2D eigenvalue weighted by molar-refractivity contribution is 5.51. The number of hydrogen-bond donors (Lipinski definition) is 1. The average molecular weight is 263 g/mol. The van der Waals surface area contributed by atoms with Crippen LogP contribution in [0.5, 0.6) is 5.75 Å². The topological polar surface area (TPSA) is 83.4 Å². The second-order valence-corrected chi connectivity index (χ2v) is 4.01. The Labute approximate surface area is 111 Å². The Morgan fingerprint density at radius 1 is 1.37 bits per heavy atom. The SMILES string of the molecule is CCC(OC)c1noc(COc2ccccc2N)n1. The van der Waals surface area contributed by atoms with Crippen LogP contribution in [0.4, 0.5) is 5.69 Å². The van der Waals surface area contributed by atoms with E-state index in [1.165, 1.54) is 0 Å². The number of aromatic nitrogens is 2. The molecule has 0 aliphatic rings. The first-order valence-electron chi connectivity index (χ1n) is 6.07. The van der Waals surface area contributed by atoms with E-state index >= 15 is 0 Å². The van der Waals surface area contributed by atoms with Crippen LogP contribution in [0, 0.1) is 0 Å². The van der Waals surface area contributed by atoms with E-state index in [2.05, 4.69) is 10.1 Å². The van der Waals surface area contributed by atoms with Gasteiger partial charge in [0, 0.05) is 7.11 Å². The van der Waals surface area contributed by atoms with E-state index in [1.54, 1.807) is 19.2 Å². The Balaban J connectivity index is 1.99. The normalized spacial score (nSPS) is 12.3. The molecule has 1 unspecified atom stereocenters. The number of benzene rings is 1. The van der Waals surface area contributed by atoms with Crippen LogP contribution < -0.4 is 10.5 Å². The smallest absolute Gasteiger partial charge is 0.264 e. The van der Waals surface area contributed by atoms with Crippen LogP contribution in [0.25, 0.3) is 0 Å². The summed E-state index contributed by atoms with van der Waals surface area (Å²) in [6.45, 7) is 2.17. The minimum absolute atomic E-state index is 0.153. The lowest BCUT2D eigenvalue weighted by atomic mass is 10.3. The van der Waals surface area contributed by atoms with Gasteiger partial charge in [-0.05, 0) is 18.6 Å². The number of anilines is 1. The first-order valence-corrected chi connectivity index (χ1v) is 6.07. The molecule has 0 fully saturated rings. The Hall–Kier alpha value is -2.08. The quantitative estimate of drug-likeness (QED) is 0.805. The van der Waals surface area contributed by atoms with Gasteiger partial charge in [0.15, 0.2) is 6.61 Å². The highest BCUT2D eigenvalue weighted by atomic mass is 16.5. The number of methoxy groups -OCH3 is 1. The summed E-state index contributed by atoms with van der Waals surface area (Å²) in [4.78, 5) is 4.23. The minimum Gasteiger partial charge on any atom is -0.482 e. The van der Waals surface area contributed by atoms with Crippen molar-refractivity contribution in [1.29, 1.82) is 0 Å². The Kier molecular flexibility index (Phi) is 4.35. The van der Waals surface area contributed by atoms with Crippen molar-refractivity contribution in [2.75, 3.05) is 12.8 Å². The van der Waals surface area contributed by atoms with E-state index in [-0.39, 0.29) is 12.7 Å². The number of ether oxygens (including phenoxy) is 2. The highest BCUT2D eigenvalue weighted by Gasteiger charge is 2.16. The largest absolute Gasteiger partial charge is 0.482 e. The van der Waals surface area contributed by atoms with E-state index < -0.39 is 0 Å². The third-order valence-corrected chi connectivity index (χ3v) is 2.70. The van der Waals surface area contributed by atoms with Crippen LogP contribution in [0.2, 0.25) is 0 Å². The Morgan fingerprint density at radius 3 is 2.84 bits per heavy atom. The van der Waals surface area contributed by atoms with Crippen LogP contribution in [-0.2, 0) is 11.3 Å². The van der Waals surface area contributed by atoms with Crippen molar-refractivity contribution in [3.8, 4) is 5.75 Å². The summed E-state index contributed by atoms with van der Waals surface area (Å²) in [5.74, 6) is 1.53. The highest BCUT2D eigenvalue weighted by Crippen LogP contribution is 2.21. The number of nitrogens with zero attached hydrogens (tertiary/aromatic N) is 2. The second-order valence-electron chi connectivity index (χ2n) is 4.01. The molecular weight excluding hydrogens is 246 g/mol. The van der Waals surface area contributed by atoms with Gasteiger partial charge in [-0.15, -0.1) is 0 Å². The molecule has 1 atom stereocenters. The standard InChI is InChI=1S/C13H17N3O3/c1-3-10(17-2)13-15-12(19-16-13)8-18-11-7-5-4-6-9(11)14/h4-7,10H,3,8,14H2,1-2H3. The average Bonchev–Trinajstić information content (AvgIpc) is 2.88. The molecule has 6 heteroatoms. The van der Waals surface area contributed by atoms with E-state index in [1.807, 2.05) is 19.1 Å². The van der Waals surface area contributed by atoms with E-state index in [0.29, 0.717) is 23.2 Å². The maximum absolute atomic E-state index is 5.77. The summed E-state index contributed by atoms with van der Waals surface area (Å²) in [6.07, 6.45) is 0.626. The molecule has 0 bridgehead atoms. The van der Waals surface area contributed by atoms with Crippen LogP contribution in [0.15, 0.2) is 28.8 Å². The molecule has 2 rings (SSSR count). The zero-order valence-electron chi connectivity index (χ0n) is 11.0. The van der Waals surface area contributed by atoms with Crippen LogP contribution in [0.3, 0.4) is 0 Å². The number of rotatable bonds is 6. The molecule has 0 aliphatic heterocycles. The molecule has 0 saturated heterocycles. The van der Waals surface area contributed by atoms with Gasteiger partial charge in [-0.1, -0.05) is 24.2 Å². The van der Waals surface area contributed by atoms with Crippen LogP contribution >= 0.6 is 0 Å². The van der Waals surface area contributed by atoms with Crippen molar-refractivity contribution in [2.24, 2.45) is 0 Å². The van der Waals surface area contributed by atoms with Gasteiger partial charge in [-0.3, -0.25) is 0 Å². The van der Waals surface area contributed by atoms with Gasteiger partial charge in [0.05, 0.1) is 5.69 Å². The summed E-state index contributed by atoms with van der Waals surface area (Å²) in [5, 5.41) is 3.87. The molecule has 1 heterocycles. The van der Waals surface area contributed by atoms with Crippen molar-refractivity contribution >= 4 is 5.69 Å². The first kappa shape index (κ1) is 13.4. The fourth-order valence-corrected chi connectivity index (χ4v) is 1.66. The predicted octanol–water partition coefficient (Wildman–Crippen LogP) is 2.33. The van der Waals surface area contributed by atoms with Gasteiger partial charge in [0.1, 0.15) is 11.9 Å². The monoisotopic (exact) mass is 263 g/mol. The molecule has 0 spiro atoms. The van der Waals surface area contributed by atoms with Gasteiger partial charge >= 0.3 is 0 Å². The third kappa shape index (κ3) is 3.23. The zero-order chi connectivity index (χ0) is 13.7. The molecule has 2 N–H and O–H groups in total. The fourth-order valence-electron chi connectivity index (χ4n) is 1.66. The number of nitrogen functional groups attached to an aromatic ring is 1. The second kappa shape index (κ2) is 6.19. The van der Waals surface area contributed by atoms with Crippen molar-refractivity contribution in [2.45, 2.75) is 26.1 Å². The molecular formula is C13H17N3O3. The van der Waals surface area contributed by atoms with E-state index in [4.69, 9.17) is 19.7 Å². The van der Waals surface area contributed by atoms with Crippen molar-refractivity contribution in [3.63, 3.8) is 0 Å². The summed E-state index contributed by atoms with van der Waals surface area (Å²) in [7, 11) is 1.62. The van der Waals surface area contributed by atoms with E-state index in [0.717, 1.165) is 6.42 Å². The molecule has 2 aromatic rings. The molecule has 0 saturated carbocycles. The Bertz CT molecular complexity index is 523. The van der Waals surface area contributed by atoms with Crippen molar-refractivity contribution < 1.29 is 14.0 Å². The molecule has 0 amide bonds. The van der Waals surface area contributed by atoms with Crippen molar-refractivity contribution in [3.05, 3.63) is 36.0 Å². The molecule has 0 aliphatic carbocycles. The van der Waals surface area contributed by atoms with Gasteiger partial charge in [-0.2, -0.15) is 4.98 Å². The third-order valence-electron chi connectivity index (χ3n) is 2.70. The lowest BCUT2D eigenvalue weighted by Crippen LogP contribution is -2.03. The summed E-state index contributed by atoms with van der Waals surface area (Å²) in [5.41, 5.74) is 6.34. The fraction of sp³-hybridized carbons (Fsp3) is 0.385. The maximum Gasteiger partial charge on any atom is 0.264 e. The summed E-state index contributed by atoms with van der Waals surface area (Å²) in [6, 6.07) is 7.25.